The highest BCUT2D eigenvalue weighted by atomic mass is 35.5. The number of hydrogen-bond donors (Lipinski definition) is 1. The number of carbonyl (C=O) groups is 3. The Bertz CT molecular complexity index is 1620. The van der Waals surface area contributed by atoms with Gasteiger partial charge in [0.05, 0.1) is 28.7 Å². The van der Waals surface area contributed by atoms with Crippen LogP contribution in [0.15, 0.2) is 48.8 Å². The molecule has 1 fully saturated rings. The molecule has 40 heavy (non-hydrogen) atoms. The van der Waals surface area contributed by atoms with E-state index in [1.165, 1.54) is 34.7 Å². The number of ketones is 1. The zero-order valence-corrected chi connectivity index (χ0v) is 22.5. The minimum Gasteiger partial charge on any atom is -0.350 e. The van der Waals surface area contributed by atoms with Crippen LogP contribution in [0.2, 0.25) is 5.02 Å². The predicted octanol–water partition coefficient (Wildman–Crippen LogP) is 4.17. The zero-order valence-electron chi connectivity index (χ0n) is 21.7. The molecule has 1 N–H and O–H groups in total. The Hall–Kier alpha value is -4.25. The monoisotopic (exact) mass is 566 g/mol. The number of amides is 2. The molecule has 0 spiro atoms. The molecule has 1 aliphatic heterocycles. The summed E-state index contributed by atoms with van der Waals surface area (Å²) in [5.74, 6) is -1.63. The Morgan fingerprint density at radius 2 is 1.88 bits per heavy atom. The van der Waals surface area contributed by atoms with Gasteiger partial charge in [-0.3, -0.25) is 19.1 Å². The van der Waals surface area contributed by atoms with Crippen molar-refractivity contribution >= 4 is 40.1 Å². The molecule has 2 amide bonds. The Morgan fingerprint density at radius 3 is 2.60 bits per heavy atom. The first kappa shape index (κ1) is 27.3. The van der Waals surface area contributed by atoms with E-state index >= 15 is 0 Å². The van der Waals surface area contributed by atoms with Gasteiger partial charge in [-0.15, -0.1) is 0 Å². The molecule has 0 bridgehead atoms. The van der Waals surface area contributed by atoms with Crippen LogP contribution in [0, 0.1) is 12.7 Å². The largest absolute Gasteiger partial charge is 0.350 e. The lowest BCUT2D eigenvalue weighted by molar-refractivity contribution is -0.132. The highest BCUT2D eigenvalue weighted by Crippen LogP contribution is 2.28. The van der Waals surface area contributed by atoms with Gasteiger partial charge in [0, 0.05) is 43.2 Å². The average Bonchev–Trinajstić information content (AvgIpc) is 3.49. The van der Waals surface area contributed by atoms with E-state index in [-0.39, 0.29) is 48.1 Å². The molecule has 0 radical (unpaired) electrons. The maximum Gasteiger partial charge on any atom is 0.254 e. The summed E-state index contributed by atoms with van der Waals surface area (Å²) in [6.45, 7) is 2.71. The Labute approximate surface area is 233 Å². The van der Waals surface area contributed by atoms with Crippen molar-refractivity contribution in [1.82, 2.24) is 30.0 Å². The van der Waals surface area contributed by atoms with Crippen molar-refractivity contribution in [2.45, 2.75) is 39.0 Å². The van der Waals surface area contributed by atoms with Crippen molar-refractivity contribution in [3.8, 4) is 11.1 Å². The first-order chi connectivity index (χ1) is 19.1. The molecule has 9 nitrogen and oxygen atoms in total. The van der Waals surface area contributed by atoms with Crippen LogP contribution < -0.4 is 5.32 Å². The van der Waals surface area contributed by atoms with E-state index in [1.54, 1.807) is 31.5 Å². The second kappa shape index (κ2) is 11.1. The standard InChI is InChI=1S/C28H25ClF2N6O3/c1-15(38)27-22-8-17(18-10-32-16(2)33-11-18)6-7-24(22)37(35-27)14-25(39)36-13-19(30)9-20(36)12-34-28(40)21-4-3-5-23(29)26(21)31/h3-8,10-11,19-20H,9,12-14H2,1-2H3,(H,34,40)/t19-,20+/m1/s1. The molecule has 0 aliphatic carbocycles. The SMILES string of the molecule is CC(=O)c1nn(CC(=O)N2C[C@H](F)C[C@H]2CNC(=O)c2cccc(Cl)c2F)c2ccc(-c3cnc(C)nc3)cc12. The summed E-state index contributed by atoms with van der Waals surface area (Å²) in [4.78, 5) is 48.0. The number of aromatic nitrogens is 4. The third-order valence-corrected chi connectivity index (χ3v) is 7.15. The Morgan fingerprint density at radius 1 is 1.12 bits per heavy atom. The van der Waals surface area contributed by atoms with Crippen molar-refractivity contribution in [1.29, 1.82) is 0 Å². The third-order valence-electron chi connectivity index (χ3n) is 6.86. The third kappa shape index (κ3) is 5.42. The number of nitrogens with zero attached hydrogens (tertiary/aromatic N) is 5. The van der Waals surface area contributed by atoms with E-state index in [9.17, 15) is 23.2 Å². The fraction of sp³-hybridized carbons (Fsp3) is 0.286. The summed E-state index contributed by atoms with van der Waals surface area (Å²) in [6.07, 6.45) is 2.11. The maximum atomic E-state index is 14.4. The molecule has 2 atom stereocenters. The van der Waals surface area contributed by atoms with Gasteiger partial charge in [-0.1, -0.05) is 23.7 Å². The van der Waals surface area contributed by atoms with E-state index in [4.69, 9.17) is 11.6 Å². The van der Waals surface area contributed by atoms with Gasteiger partial charge in [-0.05, 0) is 36.8 Å². The first-order valence-corrected chi connectivity index (χ1v) is 13.0. The number of alkyl halides is 1. The van der Waals surface area contributed by atoms with Crippen molar-refractivity contribution in [3.63, 3.8) is 0 Å². The topological polar surface area (TPSA) is 110 Å². The minimum atomic E-state index is -1.28. The molecule has 1 saturated heterocycles. The van der Waals surface area contributed by atoms with E-state index in [1.807, 2.05) is 6.07 Å². The van der Waals surface area contributed by atoms with Crippen molar-refractivity contribution in [3.05, 3.63) is 76.7 Å². The summed E-state index contributed by atoms with van der Waals surface area (Å²) in [6, 6.07) is 8.81. The summed E-state index contributed by atoms with van der Waals surface area (Å²) < 4.78 is 30.1. The molecule has 4 aromatic rings. The summed E-state index contributed by atoms with van der Waals surface area (Å²) >= 11 is 5.76. The second-order valence-electron chi connectivity index (χ2n) is 9.66. The molecule has 5 rings (SSSR count). The number of likely N-dealkylation sites (tertiary alicyclic amines) is 1. The van der Waals surface area contributed by atoms with Gasteiger partial charge in [-0.25, -0.2) is 18.7 Å². The summed E-state index contributed by atoms with van der Waals surface area (Å²) in [5, 5.41) is 7.35. The fourth-order valence-electron chi connectivity index (χ4n) is 4.84. The number of benzene rings is 2. The second-order valence-corrected chi connectivity index (χ2v) is 10.1. The smallest absolute Gasteiger partial charge is 0.254 e. The van der Waals surface area contributed by atoms with Gasteiger partial charge in [0.1, 0.15) is 24.2 Å². The molecule has 0 saturated carbocycles. The van der Waals surface area contributed by atoms with E-state index in [0.29, 0.717) is 16.7 Å². The molecular weight excluding hydrogens is 542 g/mol. The number of Topliss-reactive ketones (excluding diaryl/α,β-unsaturated/α-hetero) is 1. The van der Waals surface area contributed by atoms with Crippen molar-refractivity contribution < 1.29 is 23.2 Å². The van der Waals surface area contributed by atoms with E-state index in [0.717, 1.165) is 11.1 Å². The summed E-state index contributed by atoms with van der Waals surface area (Å²) in [5.41, 5.74) is 2.08. The molecule has 1 aliphatic rings. The lowest BCUT2D eigenvalue weighted by atomic mass is 10.0. The normalized spacial score (nSPS) is 16.9. The van der Waals surface area contributed by atoms with Crippen LogP contribution in [0.3, 0.4) is 0 Å². The highest BCUT2D eigenvalue weighted by molar-refractivity contribution is 6.31. The molecule has 206 valence electrons. The molecule has 2 aromatic carbocycles. The lowest BCUT2D eigenvalue weighted by Crippen LogP contribution is -2.44. The first-order valence-electron chi connectivity index (χ1n) is 12.6. The van der Waals surface area contributed by atoms with E-state index < -0.39 is 29.8 Å². The zero-order chi connectivity index (χ0) is 28.6. The average molecular weight is 567 g/mol. The quantitative estimate of drug-likeness (QED) is 0.336. The Kier molecular flexibility index (Phi) is 7.57. The van der Waals surface area contributed by atoms with Gasteiger partial charge in [0.2, 0.25) is 5.91 Å². The van der Waals surface area contributed by atoms with Gasteiger partial charge < -0.3 is 10.2 Å². The Balaban J connectivity index is 1.35. The number of rotatable bonds is 7. The number of nitrogens with one attached hydrogen (secondary N) is 1. The van der Waals surface area contributed by atoms with Crippen LogP contribution in [-0.4, -0.2) is 67.5 Å². The fourth-order valence-corrected chi connectivity index (χ4v) is 5.02. The molecule has 3 heterocycles. The highest BCUT2D eigenvalue weighted by Gasteiger charge is 2.36. The van der Waals surface area contributed by atoms with Gasteiger partial charge >= 0.3 is 0 Å². The van der Waals surface area contributed by atoms with Crippen molar-refractivity contribution in [2.75, 3.05) is 13.1 Å². The number of carbonyl (C=O) groups excluding carboxylic acids is 3. The van der Waals surface area contributed by atoms with Gasteiger partial charge in [0.15, 0.2) is 11.6 Å². The number of halogens is 3. The number of hydrogen-bond acceptors (Lipinski definition) is 6. The summed E-state index contributed by atoms with van der Waals surface area (Å²) in [7, 11) is 0. The van der Waals surface area contributed by atoms with Crippen LogP contribution in [0.25, 0.3) is 22.0 Å². The molecule has 2 aromatic heterocycles. The van der Waals surface area contributed by atoms with E-state index in [2.05, 4.69) is 20.4 Å². The maximum absolute atomic E-state index is 14.4. The predicted molar refractivity (Wildman–Crippen MR) is 144 cm³/mol. The van der Waals surface area contributed by atoms with Crippen LogP contribution >= 0.6 is 11.6 Å². The molecule has 12 heteroatoms. The molecular formula is C28H25ClF2N6O3. The minimum absolute atomic E-state index is 0.0184. The number of fused-ring (bicyclic) bond motifs is 1. The van der Waals surface area contributed by atoms with Crippen LogP contribution in [-0.2, 0) is 11.3 Å². The van der Waals surface area contributed by atoms with Gasteiger partial charge in [-0.2, -0.15) is 5.10 Å². The lowest BCUT2D eigenvalue weighted by Gasteiger charge is -2.25. The van der Waals surface area contributed by atoms with Crippen LogP contribution in [0.1, 0.15) is 40.0 Å². The van der Waals surface area contributed by atoms with Gasteiger partial charge in [0.25, 0.3) is 5.91 Å². The number of aryl methyl sites for hydroxylation is 1. The van der Waals surface area contributed by atoms with Crippen molar-refractivity contribution in [2.24, 2.45) is 0 Å². The molecule has 0 unspecified atom stereocenters. The van der Waals surface area contributed by atoms with Crippen LogP contribution in [0.5, 0.6) is 0 Å². The van der Waals surface area contributed by atoms with Crippen LogP contribution in [0.4, 0.5) is 8.78 Å².